The van der Waals surface area contributed by atoms with Crippen LogP contribution >= 0.6 is 0 Å². The fourth-order valence-corrected chi connectivity index (χ4v) is 2.63. The van der Waals surface area contributed by atoms with Crippen LogP contribution in [0.25, 0.3) is 11.0 Å². The minimum absolute atomic E-state index is 0.289. The van der Waals surface area contributed by atoms with Gasteiger partial charge in [-0.05, 0) is 43.0 Å². The number of benzene rings is 2. The Labute approximate surface area is 151 Å². The summed E-state index contributed by atoms with van der Waals surface area (Å²) in [5, 5.41) is 2.80. The SMILES string of the molecule is COc1ccc(C(=O)Nc2cnc3ccccc3n2)c(OCC2CC2)c1. The van der Waals surface area contributed by atoms with Gasteiger partial charge in [-0.25, -0.2) is 4.98 Å². The van der Waals surface area contributed by atoms with E-state index in [9.17, 15) is 4.79 Å². The number of anilines is 1. The molecule has 0 aliphatic heterocycles. The first-order valence-electron chi connectivity index (χ1n) is 8.57. The average Bonchev–Trinajstić information content (AvgIpc) is 3.50. The van der Waals surface area contributed by atoms with E-state index in [2.05, 4.69) is 15.3 Å². The quantitative estimate of drug-likeness (QED) is 0.735. The van der Waals surface area contributed by atoms with Gasteiger partial charge in [0.1, 0.15) is 11.5 Å². The summed E-state index contributed by atoms with van der Waals surface area (Å²) in [7, 11) is 1.59. The second kappa shape index (κ2) is 7.00. The molecule has 1 saturated carbocycles. The second-order valence-corrected chi connectivity index (χ2v) is 6.31. The molecule has 1 aliphatic carbocycles. The number of fused-ring (bicyclic) bond motifs is 1. The highest BCUT2D eigenvalue weighted by Gasteiger charge is 2.23. The molecular weight excluding hydrogens is 330 g/mol. The van der Waals surface area contributed by atoms with Gasteiger partial charge in [-0.2, -0.15) is 0 Å². The van der Waals surface area contributed by atoms with Crippen LogP contribution in [0.3, 0.4) is 0 Å². The average molecular weight is 349 g/mol. The number of nitrogens with one attached hydrogen (secondary N) is 1. The van der Waals surface area contributed by atoms with Gasteiger partial charge < -0.3 is 14.8 Å². The van der Waals surface area contributed by atoms with Crippen LogP contribution in [0.2, 0.25) is 0 Å². The molecule has 0 saturated heterocycles. The van der Waals surface area contributed by atoms with E-state index in [1.807, 2.05) is 24.3 Å². The van der Waals surface area contributed by atoms with Crippen molar-refractivity contribution in [3.8, 4) is 11.5 Å². The van der Waals surface area contributed by atoms with Crippen molar-refractivity contribution < 1.29 is 14.3 Å². The van der Waals surface area contributed by atoms with Crippen molar-refractivity contribution >= 4 is 22.8 Å². The largest absolute Gasteiger partial charge is 0.497 e. The van der Waals surface area contributed by atoms with Gasteiger partial charge in [0.25, 0.3) is 5.91 Å². The van der Waals surface area contributed by atoms with Crippen LogP contribution in [0.15, 0.2) is 48.7 Å². The molecule has 6 heteroatoms. The molecule has 1 aliphatic rings. The number of carbonyl (C=O) groups excluding carboxylic acids is 1. The highest BCUT2D eigenvalue weighted by atomic mass is 16.5. The minimum Gasteiger partial charge on any atom is -0.497 e. The lowest BCUT2D eigenvalue weighted by molar-refractivity contribution is 0.102. The van der Waals surface area contributed by atoms with Crippen molar-refractivity contribution in [3.63, 3.8) is 0 Å². The second-order valence-electron chi connectivity index (χ2n) is 6.31. The first-order chi connectivity index (χ1) is 12.7. The molecule has 1 aromatic heterocycles. The van der Waals surface area contributed by atoms with E-state index in [0.717, 1.165) is 11.0 Å². The van der Waals surface area contributed by atoms with Crippen molar-refractivity contribution in [2.75, 3.05) is 19.0 Å². The third-order valence-electron chi connectivity index (χ3n) is 4.30. The van der Waals surface area contributed by atoms with Crippen molar-refractivity contribution in [2.45, 2.75) is 12.8 Å². The van der Waals surface area contributed by atoms with Crippen LogP contribution in [-0.2, 0) is 0 Å². The van der Waals surface area contributed by atoms with E-state index >= 15 is 0 Å². The smallest absolute Gasteiger partial charge is 0.260 e. The molecule has 6 nitrogen and oxygen atoms in total. The van der Waals surface area contributed by atoms with Crippen LogP contribution in [0.1, 0.15) is 23.2 Å². The van der Waals surface area contributed by atoms with Crippen LogP contribution in [0.4, 0.5) is 5.82 Å². The molecule has 0 bridgehead atoms. The number of ether oxygens (including phenoxy) is 2. The standard InChI is InChI=1S/C20H19N3O3/c1-25-14-8-9-15(18(10-14)26-12-13-6-7-13)20(24)23-19-11-21-16-4-2-3-5-17(16)22-19/h2-5,8-11,13H,6-7,12H2,1H3,(H,22,23,24). The molecule has 0 unspecified atom stereocenters. The molecule has 3 aromatic rings. The monoisotopic (exact) mass is 349 g/mol. The van der Waals surface area contributed by atoms with Gasteiger partial charge >= 0.3 is 0 Å². The molecule has 0 atom stereocenters. The predicted octanol–water partition coefficient (Wildman–Crippen LogP) is 3.68. The first-order valence-corrected chi connectivity index (χ1v) is 8.57. The normalized spacial score (nSPS) is 13.4. The van der Waals surface area contributed by atoms with Gasteiger partial charge in [0.2, 0.25) is 0 Å². The lowest BCUT2D eigenvalue weighted by Gasteiger charge is -2.13. The summed E-state index contributed by atoms with van der Waals surface area (Å²) in [6.07, 6.45) is 3.91. The van der Waals surface area contributed by atoms with E-state index in [1.165, 1.54) is 12.8 Å². The Morgan fingerprint density at radius 3 is 2.77 bits per heavy atom. The number of nitrogens with zero attached hydrogens (tertiary/aromatic N) is 2. The van der Waals surface area contributed by atoms with Crippen LogP contribution in [-0.4, -0.2) is 29.6 Å². The summed E-state index contributed by atoms with van der Waals surface area (Å²) in [6.45, 7) is 0.614. The van der Waals surface area contributed by atoms with Gasteiger partial charge in [0.05, 0.1) is 36.5 Å². The number of hydrogen-bond donors (Lipinski definition) is 1. The molecule has 1 fully saturated rings. The van der Waals surface area contributed by atoms with Crippen LogP contribution in [0.5, 0.6) is 11.5 Å². The summed E-state index contributed by atoms with van der Waals surface area (Å²) in [5.41, 5.74) is 1.95. The molecule has 1 N–H and O–H groups in total. The number of rotatable bonds is 6. The molecule has 26 heavy (non-hydrogen) atoms. The van der Waals surface area contributed by atoms with Crippen molar-refractivity contribution in [1.82, 2.24) is 9.97 Å². The minimum atomic E-state index is -0.289. The maximum Gasteiger partial charge on any atom is 0.260 e. The summed E-state index contributed by atoms with van der Waals surface area (Å²) in [5.74, 6) is 1.87. The Kier molecular flexibility index (Phi) is 4.39. The van der Waals surface area contributed by atoms with Gasteiger partial charge in [0, 0.05) is 6.07 Å². The zero-order valence-corrected chi connectivity index (χ0v) is 14.4. The molecule has 1 amide bonds. The van der Waals surface area contributed by atoms with Crippen molar-refractivity contribution in [2.24, 2.45) is 5.92 Å². The van der Waals surface area contributed by atoms with E-state index in [-0.39, 0.29) is 5.91 Å². The topological polar surface area (TPSA) is 73.3 Å². The van der Waals surface area contributed by atoms with Gasteiger partial charge in [-0.1, -0.05) is 12.1 Å². The van der Waals surface area contributed by atoms with Crippen molar-refractivity contribution in [3.05, 3.63) is 54.2 Å². The van der Waals surface area contributed by atoms with Crippen molar-refractivity contribution in [1.29, 1.82) is 0 Å². The third kappa shape index (κ3) is 3.59. The first kappa shape index (κ1) is 16.3. The number of hydrogen-bond acceptors (Lipinski definition) is 5. The molecule has 132 valence electrons. The van der Waals surface area contributed by atoms with Gasteiger partial charge in [-0.3, -0.25) is 9.78 Å². The van der Waals surface area contributed by atoms with Crippen LogP contribution < -0.4 is 14.8 Å². The summed E-state index contributed by atoms with van der Waals surface area (Å²) in [6, 6.07) is 12.7. The summed E-state index contributed by atoms with van der Waals surface area (Å²) >= 11 is 0. The molecule has 1 heterocycles. The highest BCUT2D eigenvalue weighted by molar-refractivity contribution is 6.06. The lowest BCUT2D eigenvalue weighted by Crippen LogP contribution is -2.15. The van der Waals surface area contributed by atoms with E-state index < -0.39 is 0 Å². The fourth-order valence-electron chi connectivity index (χ4n) is 2.63. The Hall–Kier alpha value is -3.15. The summed E-state index contributed by atoms with van der Waals surface area (Å²) in [4.78, 5) is 21.5. The molecule has 0 spiro atoms. The summed E-state index contributed by atoms with van der Waals surface area (Å²) < 4.78 is 11.1. The maximum absolute atomic E-state index is 12.7. The third-order valence-corrected chi connectivity index (χ3v) is 4.30. The van der Waals surface area contributed by atoms with E-state index in [0.29, 0.717) is 35.4 Å². The number of carbonyl (C=O) groups is 1. The zero-order chi connectivity index (χ0) is 17.9. The number of para-hydroxylation sites is 2. The predicted molar refractivity (Wildman–Crippen MR) is 98.7 cm³/mol. The Morgan fingerprint density at radius 2 is 2.00 bits per heavy atom. The highest BCUT2D eigenvalue weighted by Crippen LogP contribution is 2.32. The Morgan fingerprint density at radius 1 is 1.19 bits per heavy atom. The van der Waals surface area contributed by atoms with Gasteiger partial charge in [0.15, 0.2) is 5.82 Å². The van der Waals surface area contributed by atoms with Crippen LogP contribution in [0, 0.1) is 5.92 Å². The fraction of sp³-hybridized carbons (Fsp3) is 0.250. The van der Waals surface area contributed by atoms with Gasteiger partial charge in [-0.15, -0.1) is 0 Å². The molecule has 0 radical (unpaired) electrons. The zero-order valence-electron chi connectivity index (χ0n) is 14.4. The Bertz CT molecular complexity index is 954. The molecular formula is C20H19N3O3. The molecule has 2 aromatic carbocycles. The Balaban J connectivity index is 1.57. The number of aromatic nitrogens is 2. The molecule has 4 rings (SSSR count). The number of methoxy groups -OCH3 is 1. The van der Waals surface area contributed by atoms with E-state index in [4.69, 9.17) is 9.47 Å². The maximum atomic E-state index is 12.7. The lowest BCUT2D eigenvalue weighted by atomic mass is 10.1. The van der Waals surface area contributed by atoms with E-state index in [1.54, 1.807) is 31.5 Å². The number of amides is 1.